The number of rotatable bonds is 5. The maximum atomic E-state index is 13.6. The molecule has 0 radical (unpaired) electrons. The fourth-order valence-corrected chi connectivity index (χ4v) is 7.84. The van der Waals surface area contributed by atoms with Crippen molar-refractivity contribution < 1.29 is 8.42 Å². The van der Waals surface area contributed by atoms with E-state index in [2.05, 4.69) is 46.9 Å². The molecule has 2 aliphatic rings. The number of imidazole rings is 1. The van der Waals surface area contributed by atoms with Crippen molar-refractivity contribution >= 4 is 32.0 Å². The number of fused-ring (bicyclic) bond motifs is 3. The minimum absolute atomic E-state index is 0.109. The highest BCUT2D eigenvalue weighted by Gasteiger charge is 2.27. The van der Waals surface area contributed by atoms with Crippen LogP contribution in [0.4, 0.5) is 0 Å². The van der Waals surface area contributed by atoms with Crippen LogP contribution in [0.1, 0.15) is 60.3 Å². The topological polar surface area (TPSA) is 107 Å². The predicted octanol–water partition coefficient (Wildman–Crippen LogP) is 3.96. The minimum atomic E-state index is -3.16. The first-order valence-electron chi connectivity index (χ1n) is 14.9. The highest BCUT2D eigenvalue weighted by Crippen LogP contribution is 2.35. The van der Waals surface area contributed by atoms with Gasteiger partial charge < -0.3 is 5.32 Å². The van der Waals surface area contributed by atoms with E-state index in [1.165, 1.54) is 22.9 Å². The van der Waals surface area contributed by atoms with Crippen LogP contribution in [-0.2, 0) is 24.1 Å². The second kappa shape index (κ2) is 10.7. The standard InChI is InChI=1S/C32H37N7O3S/c1-36-20-25(18-35-36)28-10-7-24(17-33-28)23-6-11-29-27(16-23)31-30(19-34-29)37(2)32(40)39(31)26-8-4-21(5-9-26)22-12-14-38(15-13-22)43(3,41)42/h4-6,8-9,11,16,18-20,22,24,28,33H,7,10,12-15,17H2,1-3H3. The summed E-state index contributed by atoms with van der Waals surface area (Å²) in [6.45, 7) is 1.95. The van der Waals surface area contributed by atoms with Crippen LogP contribution in [0.5, 0.6) is 0 Å². The lowest BCUT2D eigenvalue weighted by atomic mass is 9.86. The first-order chi connectivity index (χ1) is 20.7. The van der Waals surface area contributed by atoms with E-state index in [0.717, 1.165) is 59.9 Å². The van der Waals surface area contributed by atoms with E-state index >= 15 is 0 Å². The quantitative estimate of drug-likeness (QED) is 0.328. The molecule has 0 aliphatic carbocycles. The van der Waals surface area contributed by atoms with Crippen molar-refractivity contribution in [1.29, 1.82) is 0 Å². The molecule has 1 N–H and O–H groups in total. The summed E-state index contributed by atoms with van der Waals surface area (Å²) in [6.07, 6.45) is 10.8. The van der Waals surface area contributed by atoms with E-state index in [1.54, 1.807) is 26.7 Å². The SMILES string of the molecule is Cn1cc(C2CCC(c3ccc4ncc5c(c4c3)n(-c3ccc(C4CCN(S(C)(=O)=O)CC4)cc3)c(=O)n5C)CN2)cn1. The first kappa shape index (κ1) is 28.0. The molecule has 10 nitrogen and oxygen atoms in total. The zero-order valence-electron chi connectivity index (χ0n) is 24.8. The summed E-state index contributed by atoms with van der Waals surface area (Å²) in [7, 11) is 0.587. The summed E-state index contributed by atoms with van der Waals surface area (Å²) < 4.78 is 30.7. The van der Waals surface area contributed by atoms with Gasteiger partial charge in [0.25, 0.3) is 0 Å². The van der Waals surface area contributed by atoms with Crippen molar-refractivity contribution in [2.45, 2.75) is 43.6 Å². The number of nitrogens with zero attached hydrogens (tertiary/aromatic N) is 6. The molecular formula is C32H37N7O3S. The number of nitrogens with one attached hydrogen (secondary N) is 1. The number of hydrogen-bond acceptors (Lipinski definition) is 6. The Kier molecular flexibility index (Phi) is 6.98. The Morgan fingerprint density at radius 1 is 0.884 bits per heavy atom. The fraction of sp³-hybridized carbons (Fsp3) is 0.406. The number of aromatic nitrogens is 5. The zero-order chi connectivity index (χ0) is 29.9. The van der Waals surface area contributed by atoms with E-state index in [1.807, 2.05) is 30.1 Å². The van der Waals surface area contributed by atoms with E-state index < -0.39 is 10.0 Å². The summed E-state index contributed by atoms with van der Waals surface area (Å²) in [5.74, 6) is 0.663. The Morgan fingerprint density at radius 2 is 1.63 bits per heavy atom. The van der Waals surface area contributed by atoms with Gasteiger partial charge >= 0.3 is 5.69 Å². The van der Waals surface area contributed by atoms with Crippen molar-refractivity contribution in [3.05, 3.63) is 88.2 Å². The number of benzene rings is 2. The zero-order valence-corrected chi connectivity index (χ0v) is 25.6. The molecule has 2 atom stereocenters. The molecule has 43 heavy (non-hydrogen) atoms. The van der Waals surface area contributed by atoms with E-state index in [-0.39, 0.29) is 5.69 Å². The van der Waals surface area contributed by atoms with Gasteiger partial charge in [-0.25, -0.2) is 17.5 Å². The summed E-state index contributed by atoms with van der Waals surface area (Å²) in [5.41, 5.74) is 6.87. The third-order valence-electron chi connectivity index (χ3n) is 9.47. The van der Waals surface area contributed by atoms with Crippen molar-refractivity contribution in [1.82, 2.24) is 33.5 Å². The molecule has 2 unspecified atom stereocenters. The molecule has 0 saturated carbocycles. The lowest BCUT2D eigenvalue weighted by Gasteiger charge is -2.30. The van der Waals surface area contributed by atoms with Crippen molar-refractivity contribution in [2.75, 3.05) is 25.9 Å². The Balaban J connectivity index is 1.20. The molecule has 11 heteroatoms. The maximum absolute atomic E-state index is 13.6. The molecule has 0 amide bonds. The molecule has 2 aromatic carbocycles. The minimum Gasteiger partial charge on any atom is -0.309 e. The number of hydrogen-bond donors (Lipinski definition) is 1. The highest BCUT2D eigenvalue weighted by molar-refractivity contribution is 7.88. The van der Waals surface area contributed by atoms with Gasteiger partial charge in [0.05, 0.1) is 40.9 Å². The van der Waals surface area contributed by atoms with Gasteiger partial charge in [0.1, 0.15) is 0 Å². The van der Waals surface area contributed by atoms with Crippen molar-refractivity contribution in [3.8, 4) is 5.69 Å². The molecule has 224 valence electrons. The van der Waals surface area contributed by atoms with Crippen LogP contribution in [0.2, 0.25) is 0 Å². The molecular weight excluding hydrogens is 562 g/mol. The molecule has 2 aliphatic heterocycles. The third kappa shape index (κ3) is 5.09. The van der Waals surface area contributed by atoms with Crippen LogP contribution in [0.3, 0.4) is 0 Å². The number of sulfonamides is 1. The second-order valence-corrected chi connectivity index (χ2v) is 14.1. The monoisotopic (exact) mass is 599 g/mol. The number of aryl methyl sites for hydroxylation is 2. The summed E-state index contributed by atoms with van der Waals surface area (Å²) in [4.78, 5) is 18.3. The molecule has 7 rings (SSSR count). The molecule has 0 bridgehead atoms. The van der Waals surface area contributed by atoms with Crippen molar-refractivity contribution in [3.63, 3.8) is 0 Å². The number of piperidine rings is 2. The summed E-state index contributed by atoms with van der Waals surface area (Å²) in [5, 5.41) is 9.02. The second-order valence-electron chi connectivity index (χ2n) is 12.2. The maximum Gasteiger partial charge on any atom is 0.333 e. The van der Waals surface area contributed by atoms with E-state index in [4.69, 9.17) is 4.98 Å². The number of pyridine rings is 1. The van der Waals surface area contributed by atoms with Gasteiger partial charge in [-0.1, -0.05) is 18.2 Å². The average Bonchev–Trinajstić information content (AvgIpc) is 3.57. The normalized spacial score (nSPS) is 20.7. The fourth-order valence-electron chi connectivity index (χ4n) is 6.97. The third-order valence-corrected chi connectivity index (χ3v) is 10.8. The molecule has 3 aromatic heterocycles. The molecule has 2 fully saturated rings. The van der Waals surface area contributed by atoms with Crippen LogP contribution in [0, 0.1) is 0 Å². The van der Waals surface area contributed by atoms with Crippen LogP contribution in [-0.4, -0.2) is 62.5 Å². The Labute approximate surface area is 251 Å². The van der Waals surface area contributed by atoms with Gasteiger partial charge in [-0.3, -0.25) is 18.8 Å². The van der Waals surface area contributed by atoms with Gasteiger partial charge in [-0.05, 0) is 72.9 Å². The summed E-state index contributed by atoms with van der Waals surface area (Å²) in [6, 6.07) is 15.0. The first-order valence-corrected chi connectivity index (χ1v) is 16.8. The Hall–Kier alpha value is -3.80. The van der Waals surface area contributed by atoms with Crippen LogP contribution in [0.25, 0.3) is 27.6 Å². The lowest BCUT2D eigenvalue weighted by molar-refractivity contribution is 0.321. The average molecular weight is 600 g/mol. The predicted molar refractivity (Wildman–Crippen MR) is 168 cm³/mol. The summed E-state index contributed by atoms with van der Waals surface area (Å²) >= 11 is 0. The van der Waals surface area contributed by atoms with Crippen LogP contribution in [0.15, 0.2) is 65.8 Å². The van der Waals surface area contributed by atoms with Crippen LogP contribution >= 0.6 is 0 Å². The Morgan fingerprint density at radius 3 is 2.28 bits per heavy atom. The molecule has 0 spiro atoms. The van der Waals surface area contributed by atoms with Gasteiger partial charge in [-0.15, -0.1) is 0 Å². The van der Waals surface area contributed by atoms with Gasteiger partial charge in [0, 0.05) is 56.9 Å². The largest absolute Gasteiger partial charge is 0.333 e. The molecule has 5 heterocycles. The van der Waals surface area contributed by atoms with Gasteiger partial charge in [0.15, 0.2) is 0 Å². The van der Waals surface area contributed by atoms with Gasteiger partial charge in [-0.2, -0.15) is 5.10 Å². The molecule has 5 aromatic rings. The van der Waals surface area contributed by atoms with Crippen molar-refractivity contribution in [2.24, 2.45) is 14.1 Å². The van der Waals surface area contributed by atoms with Crippen LogP contribution < -0.4 is 11.0 Å². The van der Waals surface area contributed by atoms with E-state index in [9.17, 15) is 13.2 Å². The lowest BCUT2D eigenvalue weighted by Crippen LogP contribution is -2.37. The van der Waals surface area contributed by atoms with Gasteiger partial charge in [0.2, 0.25) is 10.0 Å². The Bertz CT molecular complexity index is 1980. The smallest absolute Gasteiger partial charge is 0.309 e. The molecule has 2 saturated heterocycles. The highest BCUT2D eigenvalue weighted by atomic mass is 32.2. The van der Waals surface area contributed by atoms with E-state index in [0.29, 0.717) is 31.0 Å².